The van der Waals surface area contributed by atoms with Gasteiger partial charge in [0.1, 0.15) is 5.76 Å². The number of anilines is 1. The molecular weight excluding hydrogens is 229 g/mol. The van der Waals surface area contributed by atoms with Gasteiger partial charge in [0.15, 0.2) is 5.82 Å². The van der Waals surface area contributed by atoms with Crippen LogP contribution in [0.4, 0.5) is 5.82 Å². The van der Waals surface area contributed by atoms with E-state index in [0.29, 0.717) is 11.6 Å². The molecule has 1 aromatic rings. The zero-order valence-corrected chi connectivity index (χ0v) is 9.45. The Morgan fingerprint density at radius 1 is 1.64 bits per heavy atom. The molecular formula is C7H13Cl2N3O2. The van der Waals surface area contributed by atoms with E-state index < -0.39 is 6.04 Å². The van der Waals surface area contributed by atoms with E-state index in [9.17, 15) is 4.79 Å². The molecule has 14 heavy (non-hydrogen) atoms. The molecule has 1 amide bonds. The molecule has 0 aliphatic heterocycles. The Hall–Kier alpha value is -0.780. The molecule has 1 rings (SSSR count). The molecule has 5 nitrogen and oxygen atoms in total. The van der Waals surface area contributed by atoms with E-state index in [1.54, 1.807) is 19.9 Å². The first kappa shape index (κ1) is 15.7. The summed E-state index contributed by atoms with van der Waals surface area (Å²) in [6.45, 7) is 3.34. The van der Waals surface area contributed by atoms with Crippen molar-refractivity contribution in [3.63, 3.8) is 0 Å². The smallest absolute Gasteiger partial charge is 0.242 e. The molecule has 0 aromatic carbocycles. The first-order chi connectivity index (χ1) is 5.59. The number of halogens is 2. The minimum atomic E-state index is -0.540. The van der Waals surface area contributed by atoms with Crippen molar-refractivity contribution < 1.29 is 9.32 Å². The van der Waals surface area contributed by atoms with Gasteiger partial charge in [-0.2, -0.15) is 0 Å². The summed E-state index contributed by atoms with van der Waals surface area (Å²) in [5.41, 5.74) is 5.32. The molecule has 0 unspecified atom stereocenters. The van der Waals surface area contributed by atoms with Crippen molar-refractivity contribution in [2.75, 3.05) is 5.32 Å². The van der Waals surface area contributed by atoms with Crippen LogP contribution in [-0.2, 0) is 4.79 Å². The molecule has 0 radical (unpaired) electrons. The Morgan fingerprint density at radius 3 is 2.57 bits per heavy atom. The second kappa shape index (κ2) is 6.64. The lowest BCUT2D eigenvalue weighted by atomic mass is 10.3. The summed E-state index contributed by atoms with van der Waals surface area (Å²) >= 11 is 0. The predicted molar refractivity (Wildman–Crippen MR) is 58.0 cm³/mol. The predicted octanol–water partition coefficient (Wildman–Crippen LogP) is 1.11. The van der Waals surface area contributed by atoms with Crippen molar-refractivity contribution in [1.29, 1.82) is 0 Å². The highest BCUT2D eigenvalue weighted by molar-refractivity contribution is 5.93. The largest absolute Gasteiger partial charge is 0.360 e. The van der Waals surface area contributed by atoms with E-state index in [1.165, 1.54) is 0 Å². The Kier molecular flexibility index (Phi) is 7.44. The Balaban J connectivity index is 0. The minimum Gasteiger partial charge on any atom is -0.360 e. The monoisotopic (exact) mass is 241 g/mol. The fourth-order valence-corrected chi connectivity index (χ4v) is 0.665. The summed E-state index contributed by atoms with van der Waals surface area (Å²) in [5, 5.41) is 6.07. The maximum absolute atomic E-state index is 11.0. The molecule has 1 aromatic heterocycles. The molecule has 0 bridgehead atoms. The number of hydrogen-bond donors (Lipinski definition) is 2. The van der Waals surface area contributed by atoms with Gasteiger partial charge in [-0.3, -0.25) is 4.79 Å². The van der Waals surface area contributed by atoms with Crippen LogP contribution in [-0.4, -0.2) is 17.1 Å². The first-order valence-electron chi connectivity index (χ1n) is 3.59. The zero-order chi connectivity index (χ0) is 9.14. The minimum absolute atomic E-state index is 0. The molecule has 0 spiro atoms. The van der Waals surface area contributed by atoms with Crippen LogP contribution in [0.2, 0.25) is 0 Å². The average Bonchev–Trinajstić information content (AvgIpc) is 2.35. The van der Waals surface area contributed by atoms with E-state index in [-0.39, 0.29) is 30.7 Å². The van der Waals surface area contributed by atoms with Crippen LogP contribution in [0, 0.1) is 6.92 Å². The van der Waals surface area contributed by atoms with Gasteiger partial charge in [0, 0.05) is 6.07 Å². The quantitative estimate of drug-likeness (QED) is 0.813. The van der Waals surface area contributed by atoms with E-state index in [0.717, 1.165) is 0 Å². The van der Waals surface area contributed by atoms with E-state index >= 15 is 0 Å². The van der Waals surface area contributed by atoms with Crippen LogP contribution in [0.25, 0.3) is 0 Å². The number of carbonyl (C=O) groups is 1. The average molecular weight is 242 g/mol. The lowest BCUT2D eigenvalue weighted by Crippen LogP contribution is -2.32. The van der Waals surface area contributed by atoms with Gasteiger partial charge in [-0.1, -0.05) is 5.16 Å². The van der Waals surface area contributed by atoms with Crippen LogP contribution in [0.5, 0.6) is 0 Å². The van der Waals surface area contributed by atoms with Gasteiger partial charge in [0.05, 0.1) is 6.04 Å². The third kappa shape index (κ3) is 4.45. The van der Waals surface area contributed by atoms with Crippen molar-refractivity contribution >= 4 is 36.5 Å². The summed E-state index contributed by atoms with van der Waals surface area (Å²) < 4.78 is 4.74. The lowest BCUT2D eigenvalue weighted by molar-refractivity contribution is -0.117. The van der Waals surface area contributed by atoms with Crippen LogP contribution >= 0.6 is 24.8 Å². The molecule has 0 saturated heterocycles. The standard InChI is InChI=1S/C7H11N3O2.2ClH/c1-4-3-6(10-12-4)9-7(11)5(2)8;;/h3,5H,8H2,1-2H3,(H,9,10,11);2*1H/t5-;;/m0../s1. The fraction of sp³-hybridized carbons (Fsp3) is 0.429. The zero-order valence-electron chi connectivity index (χ0n) is 7.81. The lowest BCUT2D eigenvalue weighted by Gasteiger charge is -2.02. The Morgan fingerprint density at radius 2 is 2.21 bits per heavy atom. The highest BCUT2D eigenvalue weighted by Gasteiger charge is 2.09. The van der Waals surface area contributed by atoms with Crippen molar-refractivity contribution in [3.8, 4) is 0 Å². The molecule has 7 heteroatoms. The van der Waals surface area contributed by atoms with E-state index in [2.05, 4.69) is 10.5 Å². The van der Waals surface area contributed by atoms with Gasteiger partial charge in [-0.25, -0.2) is 0 Å². The third-order valence-electron chi connectivity index (χ3n) is 1.29. The molecule has 3 N–H and O–H groups in total. The number of nitrogens with two attached hydrogens (primary N) is 1. The second-order valence-corrected chi connectivity index (χ2v) is 2.60. The number of carbonyl (C=O) groups excluding carboxylic acids is 1. The van der Waals surface area contributed by atoms with Gasteiger partial charge in [0.2, 0.25) is 5.91 Å². The maximum Gasteiger partial charge on any atom is 0.242 e. The van der Waals surface area contributed by atoms with Gasteiger partial charge in [0.25, 0.3) is 0 Å². The van der Waals surface area contributed by atoms with Gasteiger partial charge in [-0.15, -0.1) is 24.8 Å². The molecule has 0 aliphatic rings. The normalized spacial score (nSPS) is 10.8. The number of hydrogen-bond acceptors (Lipinski definition) is 4. The summed E-state index contributed by atoms with van der Waals surface area (Å²) in [5.74, 6) is 0.771. The summed E-state index contributed by atoms with van der Waals surface area (Å²) in [6, 6.07) is 1.09. The Bertz CT molecular complexity index is 288. The highest BCUT2D eigenvalue weighted by atomic mass is 35.5. The van der Waals surface area contributed by atoms with Crippen LogP contribution in [0.15, 0.2) is 10.6 Å². The van der Waals surface area contributed by atoms with Crippen molar-refractivity contribution in [2.24, 2.45) is 5.73 Å². The third-order valence-corrected chi connectivity index (χ3v) is 1.29. The van der Waals surface area contributed by atoms with Gasteiger partial charge in [-0.05, 0) is 13.8 Å². The Labute approximate surface area is 94.2 Å². The SMILES string of the molecule is Cc1cc(NC(=O)[C@H](C)N)no1.Cl.Cl. The number of aromatic nitrogens is 1. The van der Waals surface area contributed by atoms with E-state index in [4.69, 9.17) is 10.3 Å². The van der Waals surface area contributed by atoms with Crippen LogP contribution < -0.4 is 11.1 Å². The summed E-state index contributed by atoms with van der Waals surface area (Å²) in [4.78, 5) is 11.0. The molecule has 1 heterocycles. The van der Waals surface area contributed by atoms with Crippen LogP contribution in [0.3, 0.4) is 0 Å². The number of aryl methyl sites for hydroxylation is 1. The maximum atomic E-state index is 11.0. The fourth-order valence-electron chi connectivity index (χ4n) is 0.665. The summed E-state index contributed by atoms with van der Waals surface area (Å²) in [6.07, 6.45) is 0. The molecule has 0 fully saturated rings. The van der Waals surface area contributed by atoms with Crippen molar-refractivity contribution in [2.45, 2.75) is 19.9 Å². The highest BCUT2D eigenvalue weighted by Crippen LogP contribution is 2.06. The second-order valence-electron chi connectivity index (χ2n) is 2.60. The molecule has 0 saturated carbocycles. The molecule has 1 atom stereocenters. The summed E-state index contributed by atoms with van der Waals surface area (Å²) in [7, 11) is 0. The number of amides is 1. The van der Waals surface area contributed by atoms with E-state index in [1.807, 2.05) is 0 Å². The topological polar surface area (TPSA) is 81.2 Å². The van der Waals surface area contributed by atoms with Gasteiger partial charge < -0.3 is 15.6 Å². The van der Waals surface area contributed by atoms with Crippen molar-refractivity contribution in [1.82, 2.24) is 5.16 Å². The number of nitrogens with zero attached hydrogens (tertiary/aromatic N) is 1. The van der Waals surface area contributed by atoms with Gasteiger partial charge >= 0.3 is 0 Å². The number of nitrogens with one attached hydrogen (secondary N) is 1. The van der Waals surface area contributed by atoms with Crippen LogP contribution in [0.1, 0.15) is 12.7 Å². The molecule has 82 valence electrons. The van der Waals surface area contributed by atoms with Crippen molar-refractivity contribution in [3.05, 3.63) is 11.8 Å². The molecule has 0 aliphatic carbocycles. The first-order valence-corrected chi connectivity index (χ1v) is 3.59. The number of rotatable bonds is 2.